The number of phenolic OH excluding ortho intramolecular Hbond substituents is 1. The lowest BCUT2D eigenvalue weighted by molar-refractivity contribution is 0.190. The van der Waals surface area contributed by atoms with Crippen molar-refractivity contribution in [3.05, 3.63) is 22.4 Å². The Morgan fingerprint density at radius 3 is 2.67 bits per heavy atom. The van der Waals surface area contributed by atoms with E-state index < -0.39 is 18.4 Å². The molecule has 1 rings (SSSR count). The third kappa shape index (κ3) is 1.85. The monoisotopic (exact) mass is 238 g/mol. The first-order valence-corrected chi connectivity index (χ1v) is 3.81. The van der Waals surface area contributed by atoms with E-state index in [0.717, 1.165) is 6.07 Å². The first-order valence-electron chi connectivity index (χ1n) is 3.02. The van der Waals surface area contributed by atoms with Gasteiger partial charge in [-0.1, -0.05) is 0 Å². The van der Waals surface area contributed by atoms with Crippen LogP contribution in [0.4, 0.5) is 8.78 Å². The molecule has 1 aromatic carbocycles. The number of phenols is 1. The fourth-order valence-corrected chi connectivity index (χ4v) is 1.10. The normalized spacial score (nSPS) is 9.92. The van der Waals surface area contributed by atoms with Gasteiger partial charge in [-0.15, -0.1) is 0 Å². The van der Waals surface area contributed by atoms with Crippen LogP contribution in [-0.2, 0) is 0 Å². The molecule has 0 fully saturated rings. The molecule has 5 heteroatoms. The summed E-state index contributed by atoms with van der Waals surface area (Å²) in [4.78, 5) is 0. The van der Waals surface area contributed by atoms with Gasteiger partial charge in [0.2, 0.25) is 6.86 Å². The van der Waals surface area contributed by atoms with Crippen LogP contribution in [0, 0.1) is 5.82 Å². The van der Waals surface area contributed by atoms with Crippen LogP contribution in [0.25, 0.3) is 0 Å². The van der Waals surface area contributed by atoms with E-state index in [4.69, 9.17) is 5.11 Å². The SMILES string of the molecule is Oc1c(F)cc(OCF)cc1Br. The molecule has 12 heavy (non-hydrogen) atoms. The quantitative estimate of drug-likeness (QED) is 0.859. The average molecular weight is 239 g/mol. The van der Waals surface area contributed by atoms with Gasteiger partial charge in [0.25, 0.3) is 0 Å². The fourth-order valence-electron chi connectivity index (χ4n) is 0.689. The highest BCUT2D eigenvalue weighted by Crippen LogP contribution is 2.31. The summed E-state index contributed by atoms with van der Waals surface area (Å²) in [5, 5.41) is 8.93. The van der Waals surface area contributed by atoms with Crippen LogP contribution in [0.15, 0.2) is 16.6 Å². The molecular weight excluding hydrogens is 234 g/mol. The molecule has 0 radical (unpaired) electrons. The van der Waals surface area contributed by atoms with Crippen LogP contribution >= 0.6 is 15.9 Å². The maximum atomic E-state index is 12.7. The minimum Gasteiger partial charge on any atom is -0.504 e. The third-order valence-corrected chi connectivity index (χ3v) is 1.82. The summed E-state index contributed by atoms with van der Waals surface area (Å²) < 4.78 is 28.8. The lowest BCUT2D eigenvalue weighted by Crippen LogP contribution is -1.91. The molecule has 0 aliphatic rings. The van der Waals surface area contributed by atoms with E-state index in [9.17, 15) is 8.78 Å². The van der Waals surface area contributed by atoms with Gasteiger partial charge in [-0.05, 0) is 22.0 Å². The summed E-state index contributed by atoms with van der Waals surface area (Å²) >= 11 is 2.87. The number of benzene rings is 1. The summed E-state index contributed by atoms with van der Waals surface area (Å²) in [6, 6.07) is 2.18. The number of alkyl halides is 1. The zero-order valence-corrected chi connectivity index (χ0v) is 7.44. The third-order valence-electron chi connectivity index (χ3n) is 1.21. The first kappa shape index (κ1) is 9.25. The number of ether oxygens (including phenoxy) is 1. The number of rotatable bonds is 2. The zero-order valence-electron chi connectivity index (χ0n) is 5.85. The number of hydrogen-bond donors (Lipinski definition) is 1. The van der Waals surface area contributed by atoms with Crippen LogP contribution in [0.5, 0.6) is 11.5 Å². The maximum Gasteiger partial charge on any atom is 0.228 e. The molecule has 0 unspecified atom stereocenters. The molecular formula is C7H5BrF2O2. The predicted octanol–water partition coefficient (Wildman–Crippen LogP) is 2.60. The second-order valence-electron chi connectivity index (χ2n) is 1.99. The highest BCUT2D eigenvalue weighted by atomic mass is 79.9. The van der Waals surface area contributed by atoms with E-state index in [1.807, 2.05) is 0 Å². The largest absolute Gasteiger partial charge is 0.504 e. The van der Waals surface area contributed by atoms with Crippen molar-refractivity contribution >= 4 is 15.9 Å². The van der Waals surface area contributed by atoms with Crippen LogP contribution < -0.4 is 4.74 Å². The molecule has 1 N–H and O–H groups in total. The molecule has 0 heterocycles. The second-order valence-corrected chi connectivity index (χ2v) is 2.84. The minimum atomic E-state index is -1.03. The summed E-state index contributed by atoms with van der Waals surface area (Å²) in [5.74, 6) is -1.34. The summed E-state index contributed by atoms with van der Waals surface area (Å²) in [5.41, 5.74) is 0. The van der Waals surface area contributed by atoms with Crippen molar-refractivity contribution < 1.29 is 18.6 Å². The summed E-state index contributed by atoms with van der Waals surface area (Å²) in [6.45, 7) is -1.03. The Kier molecular flexibility index (Phi) is 2.86. The van der Waals surface area contributed by atoms with Gasteiger partial charge in [0, 0.05) is 6.07 Å². The Labute approximate surface area is 75.9 Å². The topological polar surface area (TPSA) is 29.5 Å². The van der Waals surface area contributed by atoms with Crippen molar-refractivity contribution in [2.24, 2.45) is 0 Å². The Morgan fingerprint density at radius 2 is 2.17 bits per heavy atom. The average Bonchev–Trinajstić information content (AvgIpc) is 2.01. The lowest BCUT2D eigenvalue weighted by Gasteiger charge is -2.03. The molecule has 0 atom stereocenters. The van der Waals surface area contributed by atoms with Crippen molar-refractivity contribution in [1.29, 1.82) is 0 Å². The molecule has 0 aromatic heterocycles. The molecule has 0 aliphatic heterocycles. The molecule has 0 saturated carbocycles. The molecule has 0 amide bonds. The van der Waals surface area contributed by atoms with Crippen LogP contribution in [0.3, 0.4) is 0 Å². The lowest BCUT2D eigenvalue weighted by atomic mass is 10.3. The van der Waals surface area contributed by atoms with E-state index in [2.05, 4.69) is 20.7 Å². The van der Waals surface area contributed by atoms with Crippen LogP contribution in [0.1, 0.15) is 0 Å². The van der Waals surface area contributed by atoms with Gasteiger partial charge in [0.15, 0.2) is 11.6 Å². The highest BCUT2D eigenvalue weighted by molar-refractivity contribution is 9.10. The van der Waals surface area contributed by atoms with Crippen molar-refractivity contribution in [2.45, 2.75) is 0 Å². The van der Waals surface area contributed by atoms with Gasteiger partial charge >= 0.3 is 0 Å². The van der Waals surface area contributed by atoms with E-state index >= 15 is 0 Å². The standard InChI is InChI=1S/C7H5BrF2O2/c8-5-1-4(12-3-9)2-6(10)7(5)11/h1-2,11H,3H2. The number of halogens is 3. The maximum absolute atomic E-state index is 12.7. The molecule has 2 nitrogen and oxygen atoms in total. The van der Waals surface area contributed by atoms with Gasteiger partial charge in [0.1, 0.15) is 5.75 Å². The van der Waals surface area contributed by atoms with Gasteiger partial charge in [0.05, 0.1) is 4.47 Å². The molecule has 0 bridgehead atoms. The van der Waals surface area contributed by atoms with Gasteiger partial charge in [-0.2, -0.15) is 0 Å². The molecule has 1 aromatic rings. The minimum absolute atomic E-state index is 0.0275. The molecule has 0 saturated heterocycles. The molecule has 66 valence electrons. The summed E-state index contributed by atoms with van der Waals surface area (Å²) in [7, 11) is 0. The number of aromatic hydroxyl groups is 1. The van der Waals surface area contributed by atoms with Gasteiger partial charge < -0.3 is 9.84 Å². The highest BCUT2D eigenvalue weighted by Gasteiger charge is 2.07. The van der Waals surface area contributed by atoms with Crippen molar-refractivity contribution in [2.75, 3.05) is 6.86 Å². The summed E-state index contributed by atoms with van der Waals surface area (Å²) in [6.07, 6.45) is 0. The Balaban J connectivity index is 3.04. The van der Waals surface area contributed by atoms with Crippen molar-refractivity contribution in [3.8, 4) is 11.5 Å². The van der Waals surface area contributed by atoms with Crippen LogP contribution in [-0.4, -0.2) is 12.0 Å². The van der Waals surface area contributed by atoms with E-state index in [-0.39, 0.29) is 10.2 Å². The van der Waals surface area contributed by atoms with Gasteiger partial charge in [-0.25, -0.2) is 8.78 Å². The van der Waals surface area contributed by atoms with E-state index in [1.165, 1.54) is 6.07 Å². The van der Waals surface area contributed by atoms with Crippen molar-refractivity contribution in [3.63, 3.8) is 0 Å². The fraction of sp³-hybridized carbons (Fsp3) is 0.143. The van der Waals surface area contributed by atoms with Crippen LogP contribution in [0.2, 0.25) is 0 Å². The Morgan fingerprint density at radius 1 is 1.50 bits per heavy atom. The molecule has 0 spiro atoms. The first-order chi connectivity index (χ1) is 5.65. The second kappa shape index (κ2) is 3.71. The molecule has 0 aliphatic carbocycles. The van der Waals surface area contributed by atoms with Gasteiger partial charge in [-0.3, -0.25) is 0 Å². The number of hydrogen-bond acceptors (Lipinski definition) is 2. The smallest absolute Gasteiger partial charge is 0.228 e. The van der Waals surface area contributed by atoms with Crippen molar-refractivity contribution in [1.82, 2.24) is 0 Å². The van der Waals surface area contributed by atoms with E-state index in [0.29, 0.717) is 0 Å². The Hall–Kier alpha value is -0.840. The predicted molar refractivity (Wildman–Crippen MR) is 42.4 cm³/mol. The zero-order chi connectivity index (χ0) is 9.14. The van der Waals surface area contributed by atoms with E-state index in [1.54, 1.807) is 0 Å². The Bertz CT molecular complexity index is 268.